The predicted molar refractivity (Wildman–Crippen MR) is 119 cm³/mol. The summed E-state index contributed by atoms with van der Waals surface area (Å²) in [6, 6.07) is 11.4. The number of benzene rings is 1. The monoisotopic (exact) mass is 389 g/mol. The second-order valence-corrected chi connectivity index (χ2v) is 7.94. The van der Waals surface area contributed by atoms with Gasteiger partial charge in [0.15, 0.2) is 5.96 Å². The summed E-state index contributed by atoms with van der Waals surface area (Å²) < 4.78 is 0. The Morgan fingerprint density at radius 3 is 2.18 bits per heavy atom. The Balaban J connectivity index is 2.67. The summed E-state index contributed by atoms with van der Waals surface area (Å²) in [7, 11) is 3.49. The molecule has 0 aliphatic carbocycles. The molecule has 6 nitrogen and oxygen atoms in total. The van der Waals surface area contributed by atoms with Crippen molar-refractivity contribution < 1.29 is 4.79 Å². The molecule has 1 amide bonds. The summed E-state index contributed by atoms with van der Waals surface area (Å²) in [5.74, 6) is 0.659. The van der Waals surface area contributed by atoms with Crippen molar-refractivity contribution in [3.05, 3.63) is 35.9 Å². The van der Waals surface area contributed by atoms with Gasteiger partial charge in [0.2, 0.25) is 5.91 Å². The summed E-state index contributed by atoms with van der Waals surface area (Å²) >= 11 is 0. The molecule has 158 valence electrons. The molecule has 0 heterocycles. The molecule has 28 heavy (non-hydrogen) atoms. The van der Waals surface area contributed by atoms with Gasteiger partial charge in [-0.15, -0.1) is 0 Å². The number of hydrogen-bond acceptors (Lipinski definition) is 3. The van der Waals surface area contributed by atoms with E-state index in [1.807, 2.05) is 18.2 Å². The van der Waals surface area contributed by atoms with Crippen LogP contribution in [0.15, 0.2) is 35.3 Å². The lowest BCUT2D eigenvalue weighted by molar-refractivity contribution is -0.127. The van der Waals surface area contributed by atoms with E-state index in [0.717, 1.165) is 19.5 Å². The Bertz CT molecular complexity index is 590. The summed E-state index contributed by atoms with van der Waals surface area (Å²) in [4.78, 5) is 20.5. The van der Waals surface area contributed by atoms with Gasteiger partial charge in [-0.1, -0.05) is 30.3 Å². The van der Waals surface area contributed by atoms with Crippen LogP contribution in [0, 0.1) is 0 Å². The lowest BCUT2D eigenvalue weighted by atomic mass is 10.1. The number of carbonyl (C=O) groups is 1. The van der Waals surface area contributed by atoms with Crippen LogP contribution in [0.5, 0.6) is 0 Å². The van der Waals surface area contributed by atoms with Crippen molar-refractivity contribution in [2.24, 2.45) is 4.99 Å². The van der Waals surface area contributed by atoms with Crippen molar-refractivity contribution in [1.82, 2.24) is 20.4 Å². The summed E-state index contributed by atoms with van der Waals surface area (Å²) in [6.07, 6.45) is 1.01. The van der Waals surface area contributed by atoms with Crippen LogP contribution in [0.25, 0.3) is 0 Å². The van der Waals surface area contributed by atoms with Crippen LogP contribution < -0.4 is 10.6 Å². The molecule has 0 radical (unpaired) electrons. The maximum absolute atomic E-state index is 11.9. The van der Waals surface area contributed by atoms with Crippen LogP contribution in [-0.2, 0) is 4.79 Å². The Kier molecular flexibility index (Phi) is 10.6. The number of rotatable bonds is 10. The van der Waals surface area contributed by atoms with Crippen molar-refractivity contribution >= 4 is 11.9 Å². The second-order valence-electron chi connectivity index (χ2n) is 7.94. The van der Waals surface area contributed by atoms with E-state index in [2.05, 4.69) is 67.3 Å². The van der Waals surface area contributed by atoms with Crippen molar-refractivity contribution in [2.75, 3.05) is 33.7 Å². The molecular formula is C22H39N5O. The van der Waals surface area contributed by atoms with E-state index in [0.29, 0.717) is 18.0 Å². The van der Waals surface area contributed by atoms with Crippen LogP contribution in [0.3, 0.4) is 0 Å². The van der Waals surface area contributed by atoms with Gasteiger partial charge in [0.1, 0.15) is 6.54 Å². The highest BCUT2D eigenvalue weighted by molar-refractivity contribution is 5.85. The quantitative estimate of drug-likeness (QED) is 0.367. The lowest BCUT2D eigenvalue weighted by Crippen LogP contribution is -2.42. The van der Waals surface area contributed by atoms with E-state index in [4.69, 9.17) is 0 Å². The van der Waals surface area contributed by atoms with E-state index in [-0.39, 0.29) is 18.5 Å². The standard InChI is InChI=1S/C22H39N5O/c1-17(2)27(18(3)4)15-11-14-23-22(24-16-21(28)26(6)7)25-19(5)20-12-9-8-10-13-20/h8-10,12-13,17-19H,11,14-16H2,1-7H3,(H2,23,24,25). The largest absolute Gasteiger partial charge is 0.356 e. The van der Waals surface area contributed by atoms with Gasteiger partial charge in [0.25, 0.3) is 0 Å². The summed E-state index contributed by atoms with van der Waals surface area (Å²) in [5.41, 5.74) is 1.18. The fraction of sp³-hybridized carbons (Fsp3) is 0.636. The molecule has 6 heteroatoms. The van der Waals surface area contributed by atoms with Crippen molar-refractivity contribution in [3.8, 4) is 0 Å². The normalized spacial score (nSPS) is 13.1. The van der Waals surface area contributed by atoms with E-state index in [1.54, 1.807) is 19.0 Å². The van der Waals surface area contributed by atoms with Crippen molar-refractivity contribution in [2.45, 2.75) is 59.2 Å². The van der Waals surface area contributed by atoms with Crippen molar-refractivity contribution in [3.63, 3.8) is 0 Å². The van der Waals surface area contributed by atoms with Crippen LogP contribution in [0.1, 0.15) is 52.6 Å². The van der Waals surface area contributed by atoms with Gasteiger partial charge in [-0.25, -0.2) is 4.99 Å². The van der Waals surface area contributed by atoms with Crippen molar-refractivity contribution in [1.29, 1.82) is 0 Å². The molecule has 0 aliphatic rings. The average molecular weight is 390 g/mol. The predicted octanol–water partition coefficient (Wildman–Crippen LogP) is 2.88. The molecule has 0 spiro atoms. The summed E-state index contributed by atoms with van der Waals surface area (Å²) in [5, 5.41) is 6.81. The van der Waals surface area contributed by atoms with E-state index >= 15 is 0 Å². The number of likely N-dealkylation sites (N-methyl/N-ethyl adjacent to an activating group) is 1. The molecule has 1 rings (SSSR count). The maximum atomic E-state index is 11.9. The highest BCUT2D eigenvalue weighted by Crippen LogP contribution is 2.11. The van der Waals surface area contributed by atoms with Gasteiger partial charge in [-0.05, 0) is 46.6 Å². The lowest BCUT2D eigenvalue weighted by Gasteiger charge is -2.30. The molecule has 1 aromatic carbocycles. The van der Waals surface area contributed by atoms with Crippen LogP contribution in [0.4, 0.5) is 0 Å². The molecule has 1 unspecified atom stereocenters. The number of carbonyl (C=O) groups excluding carboxylic acids is 1. The van der Waals surface area contributed by atoms with Crippen LogP contribution in [-0.4, -0.2) is 67.5 Å². The van der Waals surface area contributed by atoms with Crippen LogP contribution >= 0.6 is 0 Å². The molecule has 0 aliphatic heterocycles. The van der Waals surface area contributed by atoms with Gasteiger partial charge >= 0.3 is 0 Å². The zero-order chi connectivity index (χ0) is 21.1. The first-order valence-corrected chi connectivity index (χ1v) is 10.3. The van der Waals surface area contributed by atoms with E-state index in [9.17, 15) is 4.79 Å². The third-order valence-corrected chi connectivity index (χ3v) is 4.74. The van der Waals surface area contributed by atoms with Gasteiger partial charge in [0.05, 0.1) is 6.04 Å². The van der Waals surface area contributed by atoms with Crippen LogP contribution in [0.2, 0.25) is 0 Å². The highest BCUT2D eigenvalue weighted by atomic mass is 16.2. The molecule has 0 bridgehead atoms. The fourth-order valence-corrected chi connectivity index (χ4v) is 3.05. The third-order valence-electron chi connectivity index (χ3n) is 4.74. The smallest absolute Gasteiger partial charge is 0.243 e. The second kappa shape index (κ2) is 12.4. The molecule has 2 N–H and O–H groups in total. The minimum Gasteiger partial charge on any atom is -0.356 e. The Morgan fingerprint density at radius 1 is 1.04 bits per heavy atom. The molecule has 0 saturated carbocycles. The van der Waals surface area contributed by atoms with Gasteiger partial charge < -0.3 is 15.5 Å². The first-order chi connectivity index (χ1) is 13.2. The molecule has 0 aromatic heterocycles. The van der Waals surface area contributed by atoms with Gasteiger partial charge in [-0.3, -0.25) is 9.69 Å². The number of guanidine groups is 1. The average Bonchev–Trinajstić information content (AvgIpc) is 2.65. The topological polar surface area (TPSA) is 60.0 Å². The Morgan fingerprint density at radius 2 is 1.64 bits per heavy atom. The fourth-order valence-electron chi connectivity index (χ4n) is 3.05. The maximum Gasteiger partial charge on any atom is 0.243 e. The van der Waals surface area contributed by atoms with E-state index in [1.165, 1.54) is 5.56 Å². The molecular weight excluding hydrogens is 350 g/mol. The number of aliphatic imine (C=N–C) groups is 1. The first kappa shape index (κ1) is 24.0. The molecule has 1 aromatic rings. The van der Waals surface area contributed by atoms with E-state index < -0.39 is 0 Å². The molecule has 0 fully saturated rings. The highest BCUT2D eigenvalue weighted by Gasteiger charge is 2.13. The Labute approximate surface area is 171 Å². The third kappa shape index (κ3) is 8.74. The number of amides is 1. The SMILES string of the molecule is CC(NC(=NCC(=O)N(C)C)NCCCN(C(C)C)C(C)C)c1ccccc1. The molecule has 0 saturated heterocycles. The zero-order valence-electron chi connectivity index (χ0n) is 18.7. The number of nitrogens with zero attached hydrogens (tertiary/aromatic N) is 3. The Hall–Kier alpha value is -2.08. The number of hydrogen-bond donors (Lipinski definition) is 2. The molecule has 1 atom stereocenters. The number of nitrogens with one attached hydrogen (secondary N) is 2. The minimum atomic E-state index is -0.0146. The van der Waals surface area contributed by atoms with Gasteiger partial charge in [0, 0.05) is 39.3 Å². The summed E-state index contributed by atoms with van der Waals surface area (Å²) in [6.45, 7) is 13.0. The first-order valence-electron chi connectivity index (χ1n) is 10.3. The van der Waals surface area contributed by atoms with Gasteiger partial charge in [-0.2, -0.15) is 0 Å². The zero-order valence-corrected chi connectivity index (χ0v) is 18.7. The minimum absolute atomic E-state index is 0.0146.